The minimum atomic E-state index is -2.95. The van der Waals surface area contributed by atoms with Gasteiger partial charge in [-0.15, -0.1) is 0 Å². The lowest BCUT2D eigenvalue weighted by Gasteiger charge is -2.31. The van der Waals surface area contributed by atoms with Crippen molar-refractivity contribution in [2.75, 3.05) is 18.4 Å². The number of anilines is 1. The Hall–Kier alpha value is -2.80. The Morgan fingerprint density at radius 3 is 2.74 bits per heavy atom. The summed E-state index contributed by atoms with van der Waals surface area (Å²) in [6, 6.07) is 9.68. The number of para-hydroxylation sites is 2. The summed E-state index contributed by atoms with van der Waals surface area (Å²) in [5.41, 5.74) is 2.54. The minimum Gasteiger partial charge on any atom is -0.433 e. The Kier molecular flexibility index (Phi) is 6.13. The highest BCUT2D eigenvalue weighted by Crippen LogP contribution is 2.27. The topological polar surface area (TPSA) is 54.5 Å². The number of hydrogen-bond donors (Lipinski definition) is 1. The first-order valence-corrected chi connectivity index (χ1v) is 8.73. The van der Waals surface area contributed by atoms with Crippen LogP contribution >= 0.6 is 0 Å². The summed E-state index contributed by atoms with van der Waals surface area (Å²) in [5, 5.41) is 2.69. The summed E-state index contributed by atoms with van der Waals surface area (Å²) in [5.74, 6) is -0.316. The zero-order valence-corrected chi connectivity index (χ0v) is 14.9. The number of rotatable bonds is 6. The number of nitrogens with zero attached hydrogens (tertiary/aromatic N) is 2. The highest BCUT2D eigenvalue weighted by molar-refractivity contribution is 5.95. The molecule has 0 saturated carbocycles. The second-order valence-electron chi connectivity index (χ2n) is 6.26. The Balaban J connectivity index is 1.63. The third-order valence-electron chi connectivity index (χ3n) is 4.56. The highest BCUT2D eigenvalue weighted by Gasteiger charge is 2.24. The van der Waals surface area contributed by atoms with Crippen LogP contribution in [0.5, 0.6) is 5.75 Å². The van der Waals surface area contributed by atoms with Crippen molar-refractivity contribution in [3.8, 4) is 5.75 Å². The van der Waals surface area contributed by atoms with Crippen molar-refractivity contribution in [1.82, 2.24) is 9.88 Å². The number of hydrogen-bond acceptors (Lipinski definition) is 4. The summed E-state index contributed by atoms with van der Waals surface area (Å²) in [7, 11) is 0. The van der Waals surface area contributed by atoms with Gasteiger partial charge in [0.05, 0.1) is 11.7 Å². The molecule has 1 amide bonds. The van der Waals surface area contributed by atoms with Gasteiger partial charge < -0.3 is 10.1 Å². The quantitative estimate of drug-likeness (QED) is 0.837. The van der Waals surface area contributed by atoms with Gasteiger partial charge in [0.2, 0.25) is 5.91 Å². The molecule has 1 atom stereocenters. The normalized spacial score (nSPS) is 15.9. The fourth-order valence-electron chi connectivity index (χ4n) is 3.02. The number of pyridine rings is 1. The van der Waals surface area contributed by atoms with E-state index in [1.807, 2.05) is 23.2 Å². The maximum absolute atomic E-state index is 12.6. The average Bonchev–Trinajstić information content (AvgIpc) is 2.69. The van der Waals surface area contributed by atoms with E-state index in [-0.39, 0.29) is 17.3 Å². The molecule has 0 aliphatic carbocycles. The van der Waals surface area contributed by atoms with Gasteiger partial charge in [-0.05, 0) is 42.7 Å². The number of aromatic nitrogens is 1. The van der Waals surface area contributed by atoms with Gasteiger partial charge in [-0.25, -0.2) is 0 Å². The van der Waals surface area contributed by atoms with E-state index in [2.05, 4.69) is 21.1 Å². The van der Waals surface area contributed by atoms with Gasteiger partial charge >= 0.3 is 6.61 Å². The van der Waals surface area contributed by atoms with Crippen LogP contribution in [0, 0.1) is 0 Å². The molecule has 1 aromatic heterocycles. The van der Waals surface area contributed by atoms with Crippen molar-refractivity contribution in [1.29, 1.82) is 0 Å². The van der Waals surface area contributed by atoms with Gasteiger partial charge in [0, 0.05) is 25.5 Å². The van der Waals surface area contributed by atoms with Crippen LogP contribution in [0.15, 0.2) is 54.9 Å². The number of carbonyl (C=O) groups is 1. The van der Waals surface area contributed by atoms with Gasteiger partial charge in [0.15, 0.2) is 0 Å². The lowest BCUT2D eigenvalue weighted by atomic mass is 10.0. The third-order valence-corrected chi connectivity index (χ3v) is 4.56. The first-order chi connectivity index (χ1) is 13.0. The van der Waals surface area contributed by atoms with Crippen LogP contribution in [0.25, 0.3) is 5.57 Å². The first-order valence-electron chi connectivity index (χ1n) is 8.73. The van der Waals surface area contributed by atoms with Gasteiger partial charge in [-0.1, -0.05) is 24.3 Å². The lowest BCUT2D eigenvalue weighted by molar-refractivity contribution is -0.120. The molecule has 5 nitrogen and oxygen atoms in total. The van der Waals surface area contributed by atoms with Crippen LogP contribution in [0.4, 0.5) is 14.5 Å². The number of amides is 1. The smallest absolute Gasteiger partial charge is 0.387 e. The number of benzene rings is 1. The van der Waals surface area contributed by atoms with Gasteiger partial charge in [-0.2, -0.15) is 8.78 Å². The molecule has 0 fully saturated rings. The molecular weight excluding hydrogens is 352 g/mol. The van der Waals surface area contributed by atoms with Gasteiger partial charge in [0.25, 0.3) is 0 Å². The van der Waals surface area contributed by atoms with Crippen molar-refractivity contribution in [3.05, 3.63) is 60.4 Å². The molecule has 1 N–H and O–H groups in total. The second-order valence-corrected chi connectivity index (χ2v) is 6.26. The fourth-order valence-corrected chi connectivity index (χ4v) is 3.02. The predicted molar refractivity (Wildman–Crippen MR) is 99.6 cm³/mol. The van der Waals surface area contributed by atoms with Gasteiger partial charge in [-0.3, -0.25) is 14.7 Å². The number of carbonyl (C=O) groups excluding carboxylic acids is 1. The molecule has 0 bridgehead atoms. The Morgan fingerprint density at radius 1 is 1.26 bits per heavy atom. The van der Waals surface area contributed by atoms with Crippen LogP contribution in [0.2, 0.25) is 0 Å². The first kappa shape index (κ1) is 19.0. The standard InChI is InChI=1S/C20H21F2N3O2/c1-14(19(26)24-17-6-2-3-7-18(17)27-20(21)22)25-11-8-15(9-12-25)16-5-4-10-23-13-16/h2-8,10,13-14,20H,9,11-12H2,1H3,(H,24,26)/t14-/m0/s1. The van der Waals surface area contributed by atoms with E-state index in [0.29, 0.717) is 6.54 Å². The molecule has 0 radical (unpaired) electrons. The molecule has 2 aromatic rings. The Labute approximate surface area is 156 Å². The van der Waals surface area contributed by atoms with E-state index >= 15 is 0 Å². The van der Waals surface area contributed by atoms with Crippen LogP contribution in [0.1, 0.15) is 18.9 Å². The lowest BCUT2D eigenvalue weighted by Crippen LogP contribution is -2.44. The SMILES string of the molecule is C[C@@H](C(=O)Nc1ccccc1OC(F)F)N1CC=C(c2cccnc2)CC1. The van der Waals surface area contributed by atoms with Crippen molar-refractivity contribution >= 4 is 17.2 Å². The molecule has 0 spiro atoms. The second kappa shape index (κ2) is 8.73. The molecule has 0 saturated heterocycles. The van der Waals surface area contributed by atoms with E-state index in [1.54, 1.807) is 31.3 Å². The summed E-state index contributed by atoms with van der Waals surface area (Å²) >= 11 is 0. The predicted octanol–water partition coefficient (Wildman–Crippen LogP) is 3.80. The van der Waals surface area contributed by atoms with E-state index < -0.39 is 12.7 Å². The van der Waals surface area contributed by atoms with E-state index in [1.165, 1.54) is 11.6 Å². The summed E-state index contributed by atoms with van der Waals surface area (Å²) in [6.45, 7) is 0.214. The molecule has 142 valence electrons. The fraction of sp³-hybridized carbons (Fsp3) is 0.300. The Bertz CT molecular complexity index is 812. The maximum atomic E-state index is 12.6. The van der Waals surface area contributed by atoms with Crippen LogP contribution in [0.3, 0.4) is 0 Å². The minimum absolute atomic E-state index is 0.0505. The van der Waals surface area contributed by atoms with Crippen molar-refractivity contribution < 1.29 is 18.3 Å². The number of halogens is 2. The van der Waals surface area contributed by atoms with Crippen LogP contribution in [-0.4, -0.2) is 41.5 Å². The molecular formula is C20H21F2N3O2. The molecule has 2 heterocycles. The molecule has 1 aliphatic heterocycles. The van der Waals surface area contributed by atoms with Crippen molar-refractivity contribution in [3.63, 3.8) is 0 Å². The molecule has 7 heteroatoms. The zero-order chi connectivity index (χ0) is 19.2. The number of alkyl halides is 2. The van der Waals surface area contributed by atoms with E-state index in [4.69, 9.17) is 0 Å². The molecule has 0 unspecified atom stereocenters. The van der Waals surface area contributed by atoms with Crippen molar-refractivity contribution in [2.45, 2.75) is 26.0 Å². The summed E-state index contributed by atoms with van der Waals surface area (Å²) in [6.07, 6.45) is 6.48. The summed E-state index contributed by atoms with van der Waals surface area (Å²) < 4.78 is 29.5. The number of ether oxygens (including phenoxy) is 1. The third kappa shape index (κ3) is 4.89. The Morgan fingerprint density at radius 2 is 2.07 bits per heavy atom. The summed E-state index contributed by atoms with van der Waals surface area (Å²) in [4.78, 5) is 18.7. The number of nitrogens with one attached hydrogen (secondary N) is 1. The van der Waals surface area contributed by atoms with Gasteiger partial charge in [0.1, 0.15) is 5.75 Å². The average molecular weight is 373 g/mol. The maximum Gasteiger partial charge on any atom is 0.387 e. The zero-order valence-electron chi connectivity index (χ0n) is 14.9. The van der Waals surface area contributed by atoms with Crippen LogP contribution < -0.4 is 10.1 Å². The monoisotopic (exact) mass is 373 g/mol. The highest BCUT2D eigenvalue weighted by atomic mass is 19.3. The van der Waals surface area contributed by atoms with Crippen molar-refractivity contribution in [2.24, 2.45) is 0 Å². The molecule has 1 aromatic carbocycles. The molecule has 1 aliphatic rings. The van der Waals surface area contributed by atoms with Crippen LogP contribution in [-0.2, 0) is 4.79 Å². The molecule has 27 heavy (non-hydrogen) atoms. The van der Waals surface area contributed by atoms with E-state index in [9.17, 15) is 13.6 Å². The largest absolute Gasteiger partial charge is 0.433 e. The van der Waals surface area contributed by atoms with E-state index in [0.717, 1.165) is 18.5 Å². The molecule has 3 rings (SSSR count).